The predicted octanol–water partition coefficient (Wildman–Crippen LogP) is 2.82. The summed E-state index contributed by atoms with van der Waals surface area (Å²) in [6.07, 6.45) is 2.99. The number of para-hydroxylation sites is 1. The maximum atomic E-state index is 12.7. The number of likely N-dealkylation sites (tertiary alicyclic amines) is 1. The Morgan fingerprint density at radius 3 is 1.79 bits per heavy atom. The standard InChI is InChI=1S/C24H29N3O2/c28-23(26-13-11-21(12-14-26)19-20-7-3-1-4-8-20)24(29)27-17-15-25(16-18-27)22-9-5-2-6-10-22/h1-10,21H,11-19H2. The van der Waals surface area contributed by atoms with Gasteiger partial charge in [0.25, 0.3) is 0 Å². The van der Waals surface area contributed by atoms with Gasteiger partial charge in [0.15, 0.2) is 0 Å². The smallest absolute Gasteiger partial charge is 0.312 e. The molecule has 5 heteroatoms. The van der Waals surface area contributed by atoms with Gasteiger partial charge >= 0.3 is 11.8 Å². The zero-order valence-corrected chi connectivity index (χ0v) is 16.9. The fourth-order valence-electron chi connectivity index (χ4n) is 4.36. The number of carbonyl (C=O) groups excluding carboxylic acids is 2. The number of anilines is 1. The van der Waals surface area contributed by atoms with Crippen LogP contribution in [0.4, 0.5) is 5.69 Å². The minimum atomic E-state index is -0.334. The Kier molecular flexibility index (Phi) is 6.13. The molecule has 0 bridgehead atoms. The van der Waals surface area contributed by atoms with Crippen LogP contribution in [0.5, 0.6) is 0 Å². The molecule has 0 aliphatic carbocycles. The van der Waals surface area contributed by atoms with Gasteiger partial charge in [-0.3, -0.25) is 9.59 Å². The summed E-state index contributed by atoms with van der Waals surface area (Å²) in [5, 5.41) is 0. The van der Waals surface area contributed by atoms with Gasteiger partial charge in [0.1, 0.15) is 0 Å². The third-order valence-corrected chi connectivity index (χ3v) is 6.14. The van der Waals surface area contributed by atoms with Crippen molar-refractivity contribution in [2.45, 2.75) is 19.3 Å². The Morgan fingerprint density at radius 1 is 0.690 bits per heavy atom. The van der Waals surface area contributed by atoms with Crippen LogP contribution in [0.1, 0.15) is 18.4 Å². The van der Waals surface area contributed by atoms with Gasteiger partial charge in [-0.05, 0) is 42.9 Å². The average molecular weight is 392 g/mol. The molecule has 29 heavy (non-hydrogen) atoms. The van der Waals surface area contributed by atoms with Crippen molar-refractivity contribution >= 4 is 17.5 Å². The molecule has 2 saturated heterocycles. The SMILES string of the molecule is O=C(C(=O)N1CCN(c2ccccc2)CC1)N1CCC(Cc2ccccc2)CC1. The molecule has 0 aromatic heterocycles. The molecule has 0 unspecified atom stereocenters. The van der Waals surface area contributed by atoms with Crippen molar-refractivity contribution in [2.24, 2.45) is 5.92 Å². The second kappa shape index (κ2) is 9.12. The minimum absolute atomic E-state index is 0.323. The van der Waals surface area contributed by atoms with Gasteiger partial charge in [-0.25, -0.2) is 0 Å². The highest BCUT2D eigenvalue weighted by molar-refractivity contribution is 6.34. The van der Waals surface area contributed by atoms with Crippen LogP contribution in [0.25, 0.3) is 0 Å². The third-order valence-electron chi connectivity index (χ3n) is 6.14. The molecule has 4 rings (SSSR count). The van der Waals surface area contributed by atoms with Crippen molar-refractivity contribution in [3.63, 3.8) is 0 Å². The van der Waals surface area contributed by atoms with Gasteiger partial charge in [0, 0.05) is 45.0 Å². The van der Waals surface area contributed by atoms with Gasteiger partial charge < -0.3 is 14.7 Å². The van der Waals surface area contributed by atoms with E-state index in [1.165, 1.54) is 11.3 Å². The quantitative estimate of drug-likeness (QED) is 0.756. The van der Waals surface area contributed by atoms with Crippen LogP contribution in [0.3, 0.4) is 0 Å². The minimum Gasteiger partial charge on any atom is -0.368 e. The highest BCUT2D eigenvalue weighted by atomic mass is 16.2. The van der Waals surface area contributed by atoms with Crippen LogP contribution < -0.4 is 4.90 Å². The first-order valence-corrected chi connectivity index (χ1v) is 10.6. The molecular weight excluding hydrogens is 362 g/mol. The number of piperazine rings is 1. The fraction of sp³-hybridized carbons (Fsp3) is 0.417. The molecule has 2 aromatic carbocycles. The van der Waals surface area contributed by atoms with Crippen molar-refractivity contribution in [1.82, 2.24) is 9.80 Å². The lowest BCUT2D eigenvalue weighted by Crippen LogP contribution is -2.54. The monoisotopic (exact) mass is 391 g/mol. The summed E-state index contributed by atoms with van der Waals surface area (Å²) in [7, 11) is 0. The van der Waals surface area contributed by atoms with E-state index in [2.05, 4.69) is 41.3 Å². The van der Waals surface area contributed by atoms with E-state index in [4.69, 9.17) is 0 Å². The van der Waals surface area contributed by atoms with Gasteiger partial charge in [-0.2, -0.15) is 0 Å². The number of piperidine rings is 1. The Hall–Kier alpha value is -2.82. The van der Waals surface area contributed by atoms with E-state index in [0.717, 1.165) is 32.4 Å². The van der Waals surface area contributed by atoms with Crippen molar-refractivity contribution < 1.29 is 9.59 Å². The molecule has 2 aliphatic heterocycles. The summed E-state index contributed by atoms with van der Waals surface area (Å²) in [6, 6.07) is 20.7. The molecule has 0 spiro atoms. The van der Waals surface area contributed by atoms with E-state index in [0.29, 0.717) is 32.1 Å². The summed E-state index contributed by atoms with van der Waals surface area (Å²) in [4.78, 5) is 31.2. The average Bonchev–Trinajstić information content (AvgIpc) is 2.80. The highest BCUT2D eigenvalue weighted by Crippen LogP contribution is 2.22. The first-order valence-electron chi connectivity index (χ1n) is 10.6. The second-order valence-electron chi connectivity index (χ2n) is 8.04. The number of amides is 2. The molecule has 2 aromatic rings. The molecule has 0 saturated carbocycles. The third kappa shape index (κ3) is 4.78. The molecule has 5 nitrogen and oxygen atoms in total. The van der Waals surface area contributed by atoms with E-state index in [1.807, 2.05) is 24.3 Å². The van der Waals surface area contributed by atoms with E-state index < -0.39 is 0 Å². The maximum absolute atomic E-state index is 12.7. The normalized spacial score (nSPS) is 18.0. The van der Waals surface area contributed by atoms with Crippen LogP contribution >= 0.6 is 0 Å². The van der Waals surface area contributed by atoms with Crippen LogP contribution in [-0.4, -0.2) is 60.9 Å². The summed E-state index contributed by atoms with van der Waals surface area (Å²) in [5.41, 5.74) is 2.52. The molecule has 0 atom stereocenters. The number of carbonyl (C=O) groups is 2. The van der Waals surface area contributed by atoms with Crippen LogP contribution in [0.2, 0.25) is 0 Å². The van der Waals surface area contributed by atoms with Crippen LogP contribution in [-0.2, 0) is 16.0 Å². The van der Waals surface area contributed by atoms with Crippen LogP contribution in [0.15, 0.2) is 60.7 Å². The summed E-state index contributed by atoms with van der Waals surface area (Å²) >= 11 is 0. The van der Waals surface area contributed by atoms with Crippen LogP contribution in [0, 0.1) is 5.92 Å². The summed E-state index contributed by atoms with van der Waals surface area (Å²) in [5.74, 6) is -0.0680. The Balaban J connectivity index is 1.24. The van der Waals surface area contributed by atoms with Crippen molar-refractivity contribution in [2.75, 3.05) is 44.2 Å². The number of rotatable bonds is 3. The molecular formula is C24H29N3O2. The predicted molar refractivity (Wildman–Crippen MR) is 115 cm³/mol. The number of benzene rings is 2. The maximum Gasteiger partial charge on any atom is 0.312 e. The molecule has 0 N–H and O–H groups in total. The first kappa shape index (κ1) is 19.5. The highest BCUT2D eigenvalue weighted by Gasteiger charge is 2.31. The lowest BCUT2D eigenvalue weighted by Gasteiger charge is -2.37. The molecule has 2 amide bonds. The topological polar surface area (TPSA) is 43.9 Å². The molecule has 0 radical (unpaired) electrons. The lowest BCUT2D eigenvalue weighted by atomic mass is 9.90. The van der Waals surface area contributed by atoms with Gasteiger partial charge in [-0.15, -0.1) is 0 Å². The van der Waals surface area contributed by atoms with Crippen molar-refractivity contribution in [3.05, 3.63) is 66.2 Å². The van der Waals surface area contributed by atoms with Gasteiger partial charge in [0.05, 0.1) is 0 Å². The van der Waals surface area contributed by atoms with E-state index in [1.54, 1.807) is 9.80 Å². The van der Waals surface area contributed by atoms with E-state index in [-0.39, 0.29) is 11.8 Å². The zero-order chi connectivity index (χ0) is 20.1. The second-order valence-corrected chi connectivity index (χ2v) is 8.04. The Labute approximate surface area is 172 Å². The fourth-order valence-corrected chi connectivity index (χ4v) is 4.36. The van der Waals surface area contributed by atoms with Gasteiger partial charge in [-0.1, -0.05) is 48.5 Å². The number of nitrogens with zero attached hydrogens (tertiary/aromatic N) is 3. The largest absolute Gasteiger partial charge is 0.368 e. The Morgan fingerprint density at radius 2 is 1.21 bits per heavy atom. The number of hydrogen-bond acceptors (Lipinski definition) is 3. The zero-order valence-electron chi connectivity index (χ0n) is 16.9. The van der Waals surface area contributed by atoms with Crippen molar-refractivity contribution in [3.8, 4) is 0 Å². The van der Waals surface area contributed by atoms with E-state index >= 15 is 0 Å². The van der Waals surface area contributed by atoms with Gasteiger partial charge in [0.2, 0.25) is 0 Å². The van der Waals surface area contributed by atoms with E-state index in [9.17, 15) is 9.59 Å². The molecule has 2 fully saturated rings. The first-order chi connectivity index (χ1) is 14.2. The molecule has 2 aliphatic rings. The summed E-state index contributed by atoms with van der Waals surface area (Å²) in [6.45, 7) is 4.11. The molecule has 2 heterocycles. The summed E-state index contributed by atoms with van der Waals surface area (Å²) < 4.78 is 0. The Bertz CT molecular complexity index is 809. The number of hydrogen-bond donors (Lipinski definition) is 0. The lowest BCUT2D eigenvalue weighted by molar-refractivity contribution is -0.152. The van der Waals surface area contributed by atoms with Crippen molar-refractivity contribution in [1.29, 1.82) is 0 Å². The molecule has 152 valence electrons.